The van der Waals surface area contributed by atoms with Gasteiger partial charge in [0.25, 0.3) is 0 Å². The maximum atomic E-state index is 9.70. The van der Waals surface area contributed by atoms with Crippen LogP contribution >= 0.6 is 0 Å². The van der Waals surface area contributed by atoms with Gasteiger partial charge in [-0.3, -0.25) is 0 Å². The van der Waals surface area contributed by atoms with Gasteiger partial charge in [0, 0.05) is 6.04 Å². The SMILES string of the molecule is CCN(C)C1CC(O)CCC1C(C)C. The van der Waals surface area contributed by atoms with E-state index in [1.165, 1.54) is 6.42 Å². The number of nitrogens with zero attached hydrogens (tertiary/aromatic N) is 1. The average Bonchev–Trinajstić information content (AvgIpc) is 2.16. The van der Waals surface area contributed by atoms with Gasteiger partial charge >= 0.3 is 0 Å². The second kappa shape index (κ2) is 5.13. The Morgan fingerprint density at radius 1 is 1.36 bits per heavy atom. The van der Waals surface area contributed by atoms with Crippen LogP contribution in [0.4, 0.5) is 0 Å². The molecule has 0 aliphatic heterocycles. The quantitative estimate of drug-likeness (QED) is 0.752. The standard InChI is InChI=1S/C12H25NO/c1-5-13(4)12-8-10(14)6-7-11(12)9(2)3/h9-12,14H,5-8H2,1-4H3. The van der Waals surface area contributed by atoms with Gasteiger partial charge in [-0.25, -0.2) is 0 Å². The Labute approximate surface area is 88.3 Å². The molecule has 84 valence electrons. The Morgan fingerprint density at radius 3 is 2.50 bits per heavy atom. The van der Waals surface area contributed by atoms with Crippen molar-refractivity contribution in [1.29, 1.82) is 0 Å². The molecule has 1 saturated carbocycles. The van der Waals surface area contributed by atoms with Crippen molar-refractivity contribution in [3.63, 3.8) is 0 Å². The Bertz CT molecular complexity index is 170. The first-order valence-electron chi connectivity index (χ1n) is 5.94. The van der Waals surface area contributed by atoms with Crippen LogP contribution in [-0.2, 0) is 0 Å². The lowest BCUT2D eigenvalue weighted by Gasteiger charge is -2.41. The second-order valence-electron chi connectivity index (χ2n) is 5.02. The molecule has 0 aromatic rings. The Balaban J connectivity index is 2.63. The third-order valence-electron chi connectivity index (χ3n) is 3.76. The van der Waals surface area contributed by atoms with Crippen molar-refractivity contribution >= 4 is 0 Å². The van der Waals surface area contributed by atoms with Crippen molar-refractivity contribution in [3.8, 4) is 0 Å². The fourth-order valence-electron chi connectivity index (χ4n) is 2.67. The van der Waals surface area contributed by atoms with Crippen LogP contribution in [0.3, 0.4) is 0 Å². The molecule has 2 nitrogen and oxygen atoms in total. The monoisotopic (exact) mass is 199 g/mol. The van der Waals surface area contributed by atoms with E-state index in [2.05, 4.69) is 32.7 Å². The van der Waals surface area contributed by atoms with Crippen LogP contribution < -0.4 is 0 Å². The highest BCUT2D eigenvalue weighted by atomic mass is 16.3. The highest BCUT2D eigenvalue weighted by molar-refractivity contribution is 4.86. The molecule has 1 N–H and O–H groups in total. The minimum absolute atomic E-state index is 0.0657. The van der Waals surface area contributed by atoms with Crippen LogP contribution in [0.1, 0.15) is 40.0 Å². The lowest BCUT2D eigenvalue weighted by atomic mass is 9.76. The van der Waals surface area contributed by atoms with Gasteiger partial charge in [-0.1, -0.05) is 20.8 Å². The third kappa shape index (κ3) is 2.71. The summed E-state index contributed by atoms with van der Waals surface area (Å²) in [6.45, 7) is 7.89. The van der Waals surface area contributed by atoms with Crippen LogP contribution in [0.2, 0.25) is 0 Å². The molecule has 0 amide bonds. The molecule has 1 rings (SSSR count). The smallest absolute Gasteiger partial charge is 0.0555 e. The van der Waals surface area contributed by atoms with Crippen LogP contribution in [0, 0.1) is 11.8 Å². The molecule has 0 saturated heterocycles. The van der Waals surface area contributed by atoms with Gasteiger partial charge in [-0.2, -0.15) is 0 Å². The summed E-state index contributed by atoms with van der Waals surface area (Å²) in [5, 5.41) is 9.70. The molecule has 2 heteroatoms. The van der Waals surface area contributed by atoms with E-state index in [0.29, 0.717) is 6.04 Å². The van der Waals surface area contributed by atoms with Crippen molar-refractivity contribution in [2.24, 2.45) is 11.8 Å². The molecular formula is C12H25NO. The first kappa shape index (κ1) is 12.0. The summed E-state index contributed by atoms with van der Waals surface area (Å²) in [7, 11) is 2.18. The van der Waals surface area contributed by atoms with E-state index in [0.717, 1.165) is 31.2 Å². The summed E-state index contributed by atoms with van der Waals surface area (Å²) >= 11 is 0. The average molecular weight is 199 g/mol. The predicted octanol–water partition coefficient (Wildman–Crippen LogP) is 2.12. The molecule has 1 fully saturated rings. The van der Waals surface area contributed by atoms with Crippen molar-refractivity contribution in [3.05, 3.63) is 0 Å². The van der Waals surface area contributed by atoms with Crippen LogP contribution in [0.25, 0.3) is 0 Å². The van der Waals surface area contributed by atoms with Gasteiger partial charge in [-0.05, 0) is 44.7 Å². The van der Waals surface area contributed by atoms with E-state index in [1.54, 1.807) is 0 Å². The molecule has 0 bridgehead atoms. The summed E-state index contributed by atoms with van der Waals surface area (Å²) < 4.78 is 0. The molecular weight excluding hydrogens is 174 g/mol. The summed E-state index contributed by atoms with van der Waals surface area (Å²) in [6.07, 6.45) is 3.08. The number of aliphatic hydroxyl groups is 1. The highest BCUT2D eigenvalue weighted by Crippen LogP contribution is 2.33. The number of hydrogen-bond donors (Lipinski definition) is 1. The second-order valence-corrected chi connectivity index (χ2v) is 5.02. The molecule has 0 heterocycles. The molecule has 0 aromatic carbocycles. The van der Waals surface area contributed by atoms with E-state index >= 15 is 0 Å². The minimum Gasteiger partial charge on any atom is -0.393 e. The highest BCUT2D eigenvalue weighted by Gasteiger charge is 2.33. The topological polar surface area (TPSA) is 23.5 Å². The first-order valence-corrected chi connectivity index (χ1v) is 5.94. The minimum atomic E-state index is -0.0657. The molecule has 0 aromatic heterocycles. The Hall–Kier alpha value is -0.0800. The van der Waals surface area contributed by atoms with Gasteiger partial charge in [0.05, 0.1) is 6.10 Å². The van der Waals surface area contributed by atoms with Gasteiger partial charge < -0.3 is 10.0 Å². The molecule has 1 aliphatic rings. The van der Waals surface area contributed by atoms with E-state index < -0.39 is 0 Å². The van der Waals surface area contributed by atoms with E-state index in [4.69, 9.17) is 0 Å². The Kier molecular flexibility index (Phi) is 4.39. The fraction of sp³-hybridized carbons (Fsp3) is 1.00. The number of hydrogen-bond acceptors (Lipinski definition) is 2. The maximum Gasteiger partial charge on any atom is 0.0555 e. The summed E-state index contributed by atoms with van der Waals surface area (Å²) in [5.74, 6) is 1.50. The van der Waals surface area contributed by atoms with Crippen LogP contribution in [-0.4, -0.2) is 35.7 Å². The van der Waals surface area contributed by atoms with Gasteiger partial charge in [0.2, 0.25) is 0 Å². The molecule has 0 spiro atoms. The van der Waals surface area contributed by atoms with E-state index in [1.807, 2.05) is 0 Å². The zero-order valence-electron chi connectivity index (χ0n) is 10.0. The molecule has 3 unspecified atom stereocenters. The van der Waals surface area contributed by atoms with Crippen molar-refractivity contribution in [2.45, 2.75) is 52.2 Å². The van der Waals surface area contributed by atoms with Crippen molar-refractivity contribution in [2.75, 3.05) is 13.6 Å². The van der Waals surface area contributed by atoms with Crippen LogP contribution in [0.5, 0.6) is 0 Å². The third-order valence-corrected chi connectivity index (χ3v) is 3.76. The zero-order valence-corrected chi connectivity index (χ0v) is 10.0. The molecule has 1 aliphatic carbocycles. The number of aliphatic hydroxyl groups excluding tert-OH is 1. The lowest BCUT2D eigenvalue weighted by molar-refractivity contribution is 0.0242. The van der Waals surface area contributed by atoms with Gasteiger partial charge in [0.1, 0.15) is 0 Å². The fourth-order valence-corrected chi connectivity index (χ4v) is 2.67. The van der Waals surface area contributed by atoms with E-state index in [-0.39, 0.29) is 6.10 Å². The van der Waals surface area contributed by atoms with Crippen LogP contribution in [0.15, 0.2) is 0 Å². The van der Waals surface area contributed by atoms with Gasteiger partial charge in [0.15, 0.2) is 0 Å². The summed E-state index contributed by atoms with van der Waals surface area (Å²) in [6, 6.07) is 0.587. The normalized spacial score (nSPS) is 34.1. The predicted molar refractivity (Wildman–Crippen MR) is 60.3 cm³/mol. The number of rotatable bonds is 3. The first-order chi connectivity index (χ1) is 6.56. The lowest BCUT2D eigenvalue weighted by Crippen LogP contribution is -2.45. The van der Waals surface area contributed by atoms with Gasteiger partial charge in [-0.15, -0.1) is 0 Å². The Morgan fingerprint density at radius 2 is 2.00 bits per heavy atom. The van der Waals surface area contributed by atoms with Crippen molar-refractivity contribution < 1.29 is 5.11 Å². The maximum absolute atomic E-state index is 9.70. The summed E-state index contributed by atoms with van der Waals surface area (Å²) in [4.78, 5) is 2.40. The molecule has 3 atom stereocenters. The van der Waals surface area contributed by atoms with E-state index in [9.17, 15) is 5.11 Å². The zero-order chi connectivity index (χ0) is 10.7. The molecule has 14 heavy (non-hydrogen) atoms. The summed E-state index contributed by atoms with van der Waals surface area (Å²) in [5.41, 5.74) is 0. The molecule has 0 radical (unpaired) electrons. The van der Waals surface area contributed by atoms with Crippen molar-refractivity contribution in [1.82, 2.24) is 4.90 Å². The largest absolute Gasteiger partial charge is 0.393 e.